The number of carbonyl (C=O) groups is 5. The monoisotopic (exact) mass is 2250 g/mol. The van der Waals surface area contributed by atoms with Crippen LogP contribution in [0.3, 0.4) is 0 Å². The van der Waals surface area contributed by atoms with Gasteiger partial charge in [0.25, 0.3) is 9.05 Å². The number of aliphatic carboxylic acids is 1. The van der Waals surface area contributed by atoms with Crippen LogP contribution in [-0.2, 0) is 104 Å². The molecule has 59 heteroatoms. The summed E-state index contributed by atoms with van der Waals surface area (Å²) in [5, 5.41) is 86.7. The van der Waals surface area contributed by atoms with Gasteiger partial charge in [-0.1, -0.05) is 149 Å². The predicted molar refractivity (Wildman–Crippen MR) is 512 cm³/mol. The summed E-state index contributed by atoms with van der Waals surface area (Å²) < 4.78 is 112. The van der Waals surface area contributed by atoms with Gasteiger partial charge in [-0.3, -0.25) is 24.0 Å². The van der Waals surface area contributed by atoms with Gasteiger partial charge in [0, 0.05) is 135 Å². The quantitative estimate of drug-likeness (QED) is 0.00325. The lowest BCUT2D eigenvalue weighted by Crippen LogP contribution is -2.25. The molecule has 700 valence electrons. The number of halogens is 8. The number of thiocarbonyl (C=S) groups is 1. The molecule has 127 heavy (non-hydrogen) atoms. The molecule has 3 aromatic carbocycles. The number of ketones is 1. The summed E-state index contributed by atoms with van der Waals surface area (Å²) in [6.07, 6.45) is 12.8. The van der Waals surface area contributed by atoms with Crippen LogP contribution in [0.4, 0.5) is 44.0 Å². The number of anilines is 6. The average molecular weight is 2260 g/mol. The number of nitrogens with one attached hydrogen (secondary N) is 5. The first-order valence-electron chi connectivity index (χ1n) is 36.9. The van der Waals surface area contributed by atoms with Crippen LogP contribution in [0.2, 0.25) is 0 Å². The maximum Gasteiger partial charge on any atom is 0.303 e. The van der Waals surface area contributed by atoms with Gasteiger partial charge in [0.2, 0.25) is 68.6 Å². The molecule has 0 atom stereocenters. The molecule has 10 rings (SSSR count). The summed E-state index contributed by atoms with van der Waals surface area (Å²) in [7, 11) is -5.99. The van der Waals surface area contributed by atoms with Crippen molar-refractivity contribution in [1.29, 1.82) is 0 Å². The molecule has 0 bridgehead atoms. The second-order valence-corrected chi connectivity index (χ2v) is 41.5. The third kappa shape index (κ3) is 60.1. The summed E-state index contributed by atoms with van der Waals surface area (Å²) in [5.41, 5.74) is 39.4. The van der Waals surface area contributed by atoms with Gasteiger partial charge in [-0.2, -0.15) is 0 Å². The molecule has 0 aliphatic heterocycles. The zero-order valence-corrected chi connectivity index (χ0v) is 84.4. The molecule has 10 aromatic rings. The molecule has 0 radical (unpaired) electrons. The molecule has 40 nitrogen and oxygen atoms in total. The number of hydrogen-bond acceptors (Lipinski definition) is 39. The SMILES string of the molecule is CC(=O)Cc1nnc(CCCNS(=O)(=O)c2ccc(F)cc2)s1.CC(=O)Nc1nnc(CCCBr)s1.CC(=O)Nc1nnc(CCCN)s1.CC(=O)Nc1nnc(CCCN=[N+]=[N-])s1.NCC(N)=S.Nc1nnc(CCCBr)s1.Nc1nnc(CCCBr)s1.Nc1nnc(CCCNS(=O)(=O)c2ccc(F)cc2)s1.O=C(O)CCCBr.O=S(=O)(Cl)c1ccc(F)cc1. The van der Waals surface area contributed by atoms with Crippen LogP contribution in [0, 0.1) is 17.5 Å². The van der Waals surface area contributed by atoms with E-state index in [0.29, 0.717) is 92.5 Å². The Hall–Kier alpha value is -7.58. The van der Waals surface area contributed by atoms with E-state index in [1.165, 1.54) is 131 Å². The number of aromatic nitrogens is 14. The molecule has 0 aliphatic carbocycles. The van der Waals surface area contributed by atoms with Crippen molar-refractivity contribution >= 4 is 260 Å². The van der Waals surface area contributed by atoms with Crippen molar-refractivity contribution in [2.75, 3.05) is 87.2 Å². The number of carboxylic acid groups (broad SMARTS) is 1. The Bertz CT molecular complexity index is 5140. The van der Waals surface area contributed by atoms with Crippen LogP contribution >= 0.6 is 166 Å². The molecule has 0 spiro atoms. The highest BCUT2D eigenvalue weighted by Crippen LogP contribution is 2.22. The lowest BCUT2D eigenvalue weighted by molar-refractivity contribution is -0.137. The highest BCUT2D eigenvalue weighted by molar-refractivity contribution is 9.09. The molecule has 3 amide bonds. The summed E-state index contributed by atoms with van der Waals surface area (Å²) in [6, 6.07) is 13.6. The highest BCUT2D eigenvalue weighted by atomic mass is 79.9. The molecular formula is C68H94Br4ClF3N28O12S11. The largest absolute Gasteiger partial charge is 0.481 e. The van der Waals surface area contributed by atoms with Crippen molar-refractivity contribution < 1.29 is 67.5 Å². The molecule has 7 heterocycles. The molecule has 0 saturated heterocycles. The fraction of sp³-hybridized carbons (Fsp3) is 0.441. The van der Waals surface area contributed by atoms with Crippen LogP contribution in [0.5, 0.6) is 0 Å². The number of aryl methyl sites for hydroxylation is 7. The predicted octanol–water partition coefficient (Wildman–Crippen LogP) is 12.0. The van der Waals surface area contributed by atoms with Gasteiger partial charge >= 0.3 is 5.97 Å². The first-order valence-corrected chi connectivity index (χ1v) is 52.8. The topological polar surface area (TPSA) is 653 Å². The van der Waals surface area contributed by atoms with E-state index in [9.17, 15) is 62.4 Å². The molecule has 18 N–H and O–H groups in total. The number of benzene rings is 3. The Balaban J connectivity index is 0.000000722. The van der Waals surface area contributed by atoms with E-state index in [1.807, 2.05) is 0 Å². The number of rotatable bonds is 38. The number of azide groups is 1. The van der Waals surface area contributed by atoms with E-state index in [4.69, 9.17) is 55.7 Å². The standard InChI is InChI=1S/C14H16FN3O3S2.C11H13FN4O2S2.C7H10BrN3OS.C7H10N6OS.C7H12N4OS.C6H4ClFO2S.2C5H8BrN3S.C4H7BrO2.C2H6N2S/c1-10(19)9-14-18-17-13(22-14)3-2-8-16-23(20,21)12-6-4-11(15)5-7-12;12-8-3-5-9(6-4-8)20(17,18)14-7-1-2-10-15-16-11(13)19-10;1-5(12)9-7-11-10-6(13-7)3-2-4-8;1-5(14)10-7-12-11-6(15-7)3-2-4-9-13-8;1-5(12)9-7-11-10-6(13-7)3-2-4-8;7-11(9,10)6-3-1-5(8)2-4-6;2*6-3-1-2-4-8-9-5(7)10-4;5-3-1-2-4(6)7;3-1-2(4)5/h4-7,16H,2-3,8-9H2,1H3;3-6,14H,1-2,7H2,(H2,13,16);2-4H2,1H3,(H,9,11,12);2-4H2,1H3,(H,10,12,14);2-4,8H2,1H3,(H,9,11,12);1-4H;2*1-3H2,(H2,7,9);1-3H2,(H,6,7);1,3H2,(H2,4,5). The Morgan fingerprint density at radius 1 is 0.457 bits per heavy atom. The zero-order valence-electron chi connectivity index (χ0n) is 68.3. The van der Waals surface area contributed by atoms with Gasteiger partial charge in [-0.05, 0) is 143 Å². The van der Waals surface area contributed by atoms with Gasteiger partial charge in [-0.25, -0.2) is 47.9 Å². The van der Waals surface area contributed by atoms with Gasteiger partial charge in [0.1, 0.15) is 63.3 Å². The van der Waals surface area contributed by atoms with E-state index in [0.717, 1.165) is 169 Å². The maximum atomic E-state index is 12.8. The Labute approximate surface area is 802 Å². The fourth-order valence-electron chi connectivity index (χ4n) is 7.80. The lowest BCUT2D eigenvalue weighted by atomic mass is 10.3. The molecule has 0 saturated carbocycles. The number of hydrogen-bond donors (Lipinski definition) is 12. The maximum absolute atomic E-state index is 12.8. The van der Waals surface area contributed by atoms with Gasteiger partial charge in [0.15, 0.2) is 0 Å². The Morgan fingerprint density at radius 2 is 0.748 bits per heavy atom. The smallest absolute Gasteiger partial charge is 0.303 e. The Kier molecular flexibility index (Phi) is 63.3. The lowest BCUT2D eigenvalue weighted by Gasteiger charge is -2.05. The van der Waals surface area contributed by atoms with E-state index >= 15 is 0 Å². The van der Waals surface area contributed by atoms with Crippen LogP contribution in [0.25, 0.3) is 10.4 Å². The number of sulfonamides is 2. The van der Waals surface area contributed by atoms with E-state index < -0.39 is 52.5 Å². The number of nitrogens with zero attached hydrogens (tertiary/aromatic N) is 17. The number of nitrogen functional groups attached to an aromatic ring is 3. The second kappa shape index (κ2) is 68.5. The van der Waals surface area contributed by atoms with Crippen molar-refractivity contribution in [3.8, 4) is 0 Å². The zero-order chi connectivity index (χ0) is 95.2. The van der Waals surface area contributed by atoms with Gasteiger partial charge < -0.3 is 55.5 Å². The van der Waals surface area contributed by atoms with Crippen molar-refractivity contribution in [3.63, 3.8) is 0 Å². The minimum Gasteiger partial charge on any atom is -0.481 e. The van der Waals surface area contributed by atoms with Crippen molar-refractivity contribution in [2.45, 2.75) is 152 Å². The van der Waals surface area contributed by atoms with Crippen molar-refractivity contribution in [2.24, 2.45) is 22.3 Å². The molecular weight excluding hydrogens is 2170 g/mol. The minimum absolute atomic E-state index is 0.0264. The average Bonchev–Trinajstić information content (AvgIpc) is 1.69. The first-order chi connectivity index (χ1) is 60.2. The molecule has 0 fully saturated rings. The van der Waals surface area contributed by atoms with Crippen molar-refractivity contribution in [1.82, 2.24) is 80.8 Å². The third-order valence-corrected chi connectivity index (χ3v) is 26.1. The number of carbonyl (C=O) groups excluding carboxylic acids is 4. The van der Waals surface area contributed by atoms with E-state index in [1.54, 1.807) is 0 Å². The van der Waals surface area contributed by atoms with Gasteiger partial charge in [-0.15, -0.1) is 82.7 Å². The normalized spacial score (nSPS) is 10.4. The summed E-state index contributed by atoms with van der Waals surface area (Å²) in [6.45, 7) is 7.73. The minimum atomic E-state index is -3.71. The summed E-state index contributed by atoms with van der Waals surface area (Å²) in [4.78, 5) is 55.7. The van der Waals surface area contributed by atoms with Crippen LogP contribution in [0.15, 0.2) is 92.6 Å². The Morgan fingerprint density at radius 3 is 1.02 bits per heavy atom. The number of Topliss-reactive ketones (excluding diaryl/α,β-unsaturated/α-hetero) is 1. The second-order valence-electron chi connectivity index (χ2n) is 24.1. The van der Waals surface area contributed by atoms with Crippen molar-refractivity contribution in [3.05, 3.63) is 141 Å². The van der Waals surface area contributed by atoms with Crippen LogP contribution in [0.1, 0.15) is 126 Å². The summed E-state index contributed by atoms with van der Waals surface area (Å²) in [5.74, 6) is -2.54. The van der Waals surface area contributed by atoms with E-state index in [2.05, 4.69) is 183 Å². The van der Waals surface area contributed by atoms with E-state index in [-0.39, 0.29) is 64.1 Å². The fourth-order valence-corrected chi connectivity index (χ4v) is 17.2. The first kappa shape index (κ1) is 117. The number of amides is 3. The highest BCUT2D eigenvalue weighted by Gasteiger charge is 2.17. The molecule has 0 unspecified atom stereocenters. The van der Waals surface area contributed by atoms with Crippen LogP contribution < -0.4 is 59.8 Å². The van der Waals surface area contributed by atoms with Crippen LogP contribution in [-0.4, -0.2) is 190 Å². The van der Waals surface area contributed by atoms with Gasteiger partial charge in [0.05, 0.1) is 26.1 Å². The summed E-state index contributed by atoms with van der Waals surface area (Å²) >= 11 is 27.2. The number of carboxylic acids is 1. The molecule has 7 aromatic heterocycles. The molecule has 0 aliphatic rings. The number of nitrogens with two attached hydrogens (primary N) is 6. The number of alkyl halides is 4. The third-order valence-electron chi connectivity index (χ3n) is 13.3.